The van der Waals surface area contributed by atoms with Crippen LogP contribution in [0.4, 0.5) is 0 Å². The molecule has 0 aromatic heterocycles. The van der Waals surface area contributed by atoms with Crippen LogP contribution in [0.25, 0.3) is 0 Å². The molecule has 1 rings (SSSR count). The lowest BCUT2D eigenvalue weighted by molar-refractivity contribution is 0.142. The molecule has 0 aliphatic carbocycles. The first-order chi connectivity index (χ1) is 8.93. The molecule has 0 fully saturated rings. The van der Waals surface area contributed by atoms with Gasteiger partial charge in [0.15, 0.2) is 0 Å². The maximum Gasteiger partial charge on any atom is 0.0667 e. The van der Waals surface area contributed by atoms with Crippen LogP contribution in [0.3, 0.4) is 0 Å². The summed E-state index contributed by atoms with van der Waals surface area (Å²) in [5.74, 6) is 0.496. The van der Waals surface area contributed by atoms with Gasteiger partial charge in [0.05, 0.1) is 6.10 Å². The summed E-state index contributed by atoms with van der Waals surface area (Å²) < 4.78 is 0. The molecule has 0 saturated heterocycles. The third-order valence-electron chi connectivity index (χ3n) is 3.09. The molecule has 0 spiro atoms. The average molecular weight is 304 g/mol. The number of aliphatic hydroxyl groups is 1. The lowest BCUT2D eigenvalue weighted by Gasteiger charge is -2.21. The number of aliphatic hydroxyl groups excluding tert-OH is 1. The third kappa shape index (κ3) is 5.70. The van der Waals surface area contributed by atoms with E-state index < -0.39 is 0 Å². The molecule has 2 unspecified atom stereocenters. The number of halogens is 2. The summed E-state index contributed by atoms with van der Waals surface area (Å²) in [6.07, 6.45) is 1.40. The number of rotatable bonds is 7. The van der Waals surface area contributed by atoms with E-state index in [1.54, 1.807) is 6.07 Å². The summed E-state index contributed by atoms with van der Waals surface area (Å²) in [5, 5.41) is 14.6. The van der Waals surface area contributed by atoms with Crippen molar-refractivity contribution in [3.8, 4) is 0 Å². The third-order valence-corrected chi connectivity index (χ3v) is 3.65. The van der Waals surface area contributed by atoms with Gasteiger partial charge in [0.25, 0.3) is 0 Å². The van der Waals surface area contributed by atoms with Crippen LogP contribution in [-0.2, 0) is 0 Å². The Morgan fingerprint density at radius 1 is 1.26 bits per heavy atom. The maximum atomic E-state index is 9.91. The normalized spacial score (nSPS) is 14.7. The zero-order chi connectivity index (χ0) is 14.4. The molecule has 0 saturated carbocycles. The highest BCUT2D eigenvalue weighted by molar-refractivity contribution is 6.35. The second-order valence-corrected chi connectivity index (χ2v) is 6.16. The van der Waals surface area contributed by atoms with Crippen molar-refractivity contribution in [2.75, 3.05) is 6.54 Å². The summed E-state index contributed by atoms with van der Waals surface area (Å²) in [7, 11) is 0. The van der Waals surface area contributed by atoms with E-state index in [0.29, 0.717) is 22.5 Å². The minimum Gasteiger partial charge on any atom is -0.392 e. The van der Waals surface area contributed by atoms with Gasteiger partial charge in [-0.3, -0.25) is 0 Å². The van der Waals surface area contributed by atoms with Gasteiger partial charge in [0, 0.05) is 22.6 Å². The maximum absolute atomic E-state index is 9.91. The highest BCUT2D eigenvalue weighted by Gasteiger charge is 2.15. The predicted octanol–water partition coefficient (Wildman–Crippen LogP) is 4.44. The Bertz CT molecular complexity index is 396. The summed E-state index contributed by atoms with van der Waals surface area (Å²) in [6, 6.07) is 5.69. The first kappa shape index (κ1) is 16.8. The van der Waals surface area contributed by atoms with E-state index in [9.17, 15) is 5.11 Å². The number of hydrogen-bond donors (Lipinski definition) is 2. The molecule has 1 aromatic carbocycles. The molecular weight excluding hydrogens is 281 g/mol. The Hall–Kier alpha value is -0.280. The van der Waals surface area contributed by atoms with E-state index in [1.165, 1.54) is 0 Å². The molecule has 0 amide bonds. The molecule has 4 heteroatoms. The van der Waals surface area contributed by atoms with Gasteiger partial charge in [-0.25, -0.2) is 0 Å². The molecule has 1 aromatic rings. The van der Waals surface area contributed by atoms with E-state index in [-0.39, 0.29) is 12.1 Å². The van der Waals surface area contributed by atoms with E-state index in [0.717, 1.165) is 18.4 Å². The topological polar surface area (TPSA) is 32.3 Å². The lowest BCUT2D eigenvalue weighted by atomic mass is 10.0. The fraction of sp³-hybridized carbons (Fsp3) is 0.600. The second-order valence-electron chi connectivity index (χ2n) is 5.32. The van der Waals surface area contributed by atoms with Gasteiger partial charge < -0.3 is 10.4 Å². The summed E-state index contributed by atoms with van der Waals surface area (Å²) >= 11 is 12.1. The van der Waals surface area contributed by atoms with Crippen LogP contribution >= 0.6 is 23.2 Å². The first-order valence-electron chi connectivity index (χ1n) is 6.80. The van der Waals surface area contributed by atoms with Crippen LogP contribution in [0.1, 0.15) is 45.2 Å². The van der Waals surface area contributed by atoms with Crippen molar-refractivity contribution in [2.24, 2.45) is 5.92 Å². The first-order valence-corrected chi connectivity index (χ1v) is 7.56. The summed E-state index contributed by atoms with van der Waals surface area (Å²) in [5.41, 5.74) is 1.03. The Labute approximate surface area is 126 Å². The number of hydrogen-bond acceptors (Lipinski definition) is 2. The van der Waals surface area contributed by atoms with Gasteiger partial charge >= 0.3 is 0 Å². The van der Waals surface area contributed by atoms with Crippen LogP contribution < -0.4 is 5.32 Å². The molecule has 0 radical (unpaired) electrons. The average Bonchev–Trinajstić information content (AvgIpc) is 2.31. The molecule has 2 N–H and O–H groups in total. The predicted molar refractivity (Wildman–Crippen MR) is 83.0 cm³/mol. The Balaban J connectivity index is 2.63. The molecule has 108 valence electrons. The van der Waals surface area contributed by atoms with Gasteiger partial charge in [-0.05, 0) is 36.5 Å². The van der Waals surface area contributed by atoms with Crippen molar-refractivity contribution < 1.29 is 5.11 Å². The Morgan fingerprint density at radius 3 is 2.47 bits per heavy atom. The minimum absolute atomic E-state index is 0.145. The van der Waals surface area contributed by atoms with Gasteiger partial charge in [-0.2, -0.15) is 0 Å². The van der Waals surface area contributed by atoms with Crippen molar-refractivity contribution in [1.29, 1.82) is 0 Å². The zero-order valence-electron chi connectivity index (χ0n) is 11.8. The molecule has 0 aliphatic heterocycles. The zero-order valence-corrected chi connectivity index (χ0v) is 13.3. The van der Waals surface area contributed by atoms with E-state index in [4.69, 9.17) is 23.2 Å². The summed E-state index contributed by atoms with van der Waals surface area (Å²) in [6.45, 7) is 6.89. The molecule has 0 aliphatic rings. The van der Waals surface area contributed by atoms with Crippen molar-refractivity contribution >= 4 is 23.2 Å². The molecule has 0 bridgehead atoms. The van der Waals surface area contributed by atoms with E-state index in [1.807, 2.05) is 12.1 Å². The highest BCUT2D eigenvalue weighted by Crippen LogP contribution is 2.28. The highest BCUT2D eigenvalue weighted by atomic mass is 35.5. The number of benzene rings is 1. The van der Waals surface area contributed by atoms with Crippen LogP contribution in [0.2, 0.25) is 10.0 Å². The minimum atomic E-state index is -0.319. The number of nitrogens with one attached hydrogen (secondary N) is 1. The Kier molecular flexibility index (Phi) is 7.16. The van der Waals surface area contributed by atoms with Gasteiger partial charge in [-0.15, -0.1) is 0 Å². The standard InChI is InChI=1S/C15H23Cl2NO/c1-4-15(18-9-12(19)7-10(2)3)13-6-5-11(16)8-14(13)17/h5-6,8,10,12,15,18-19H,4,7,9H2,1-3H3. The summed E-state index contributed by atoms with van der Waals surface area (Å²) in [4.78, 5) is 0. The van der Waals surface area contributed by atoms with Crippen molar-refractivity contribution in [2.45, 2.75) is 45.8 Å². The van der Waals surface area contributed by atoms with E-state index >= 15 is 0 Å². The smallest absolute Gasteiger partial charge is 0.0667 e. The van der Waals surface area contributed by atoms with Crippen LogP contribution in [-0.4, -0.2) is 17.8 Å². The SMILES string of the molecule is CCC(NCC(O)CC(C)C)c1ccc(Cl)cc1Cl. The van der Waals surface area contributed by atoms with Crippen LogP contribution in [0, 0.1) is 5.92 Å². The second kappa shape index (κ2) is 8.11. The van der Waals surface area contributed by atoms with Gasteiger partial charge in [0.2, 0.25) is 0 Å². The fourth-order valence-corrected chi connectivity index (χ4v) is 2.70. The van der Waals surface area contributed by atoms with Crippen molar-refractivity contribution in [3.63, 3.8) is 0 Å². The fourth-order valence-electron chi connectivity index (χ4n) is 2.16. The molecule has 2 atom stereocenters. The molecule has 19 heavy (non-hydrogen) atoms. The Morgan fingerprint density at radius 2 is 1.95 bits per heavy atom. The molecule has 0 heterocycles. The largest absolute Gasteiger partial charge is 0.392 e. The van der Waals surface area contributed by atoms with Crippen molar-refractivity contribution in [1.82, 2.24) is 5.32 Å². The van der Waals surface area contributed by atoms with Gasteiger partial charge in [-0.1, -0.05) is 50.0 Å². The molecular formula is C15H23Cl2NO. The monoisotopic (exact) mass is 303 g/mol. The van der Waals surface area contributed by atoms with Crippen LogP contribution in [0.15, 0.2) is 18.2 Å². The lowest BCUT2D eigenvalue weighted by Crippen LogP contribution is -2.31. The van der Waals surface area contributed by atoms with Crippen molar-refractivity contribution in [3.05, 3.63) is 33.8 Å². The molecule has 2 nitrogen and oxygen atoms in total. The van der Waals surface area contributed by atoms with E-state index in [2.05, 4.69) is 26.1 Å². The van der Waals surface area contributed by atoms with Gasteiger partial charge in [0.1, 0.15) is 0 Å². The van der Waals surface area contributed by atoms with Crippen LogP contribution in [0.5, 0.6) is 0 Å². The quantitative estimate of drug-likeness (QED) is 0.780.